The third-order valence-corrected chi connectivity index (χ3v) is 32.2. The Kier molecular flexibility index (Phi) is 22.6. The Morgan fingerprint density at radius 3 is 1.45 bits per heavy atom. The lowest BCUT2D eigenvalue weighted by Crippen LogP contribution is -2.61. The van der Waals surface area contributed by atoms with Crippen LogP contribution in [0.4, 0.5) is 0 Å². The SMILES string of the molecule is C=C[Si](C)(C)O[Si](C)(C)O[Si](OC)(OC)OC.C=C[Si](C)(O[Si](C)(C)O[Si](CCCOCC1CO1)(OC)OC)O[Si](C=O)(CCCOCC1CO1)OC. The summed E-state index contributed by atoms with van der Waals surface area (Å²) in [6.45, 7) is 25.2. The lowest BCUT2D eigenvalue weighted by atomic mass is 10.5. The second-order valence-electron chi connectivity index (χ2n) is 13.9. The average molecular weight is 881 g/mol. The van der Waals surface area contributed by atoms with Crippen molar-refractivity contribution in [3.63, 3.8) is 0 Å². The van der Waals surface area contributed by atoms with E-state index in [1.165, 1.54) is 28.4 Å². The van der Waals surface area contributed by atoms with Gasteiger partial charge < -0.3 is 70.9 Å². The molecule has 16 nitrogen and oxygen atoms in total. The zero-order valence-electron chi connectivity index (χ0n) is 34.4. The molecule has 0 spiro atoms. The minimum atomic E-state index is -3.21. The molecule has 2 fully saturated rings. The summed E-state index contributed by atoms with van der Waals surface area (Å²) in [5, 5.41) is 0. The molecule has 0 radical (unpaired) electrons. The fraction of sp³-hybridized carbons (Fsp3) is 0.833. The van der Waals surface area contributed by atoms with Gasteiger partial charge in [-0.1, -0.05) is 11.4 Å². The highest BCUT2D eigenvalue weighted by atomic mass is 28.5. The Morgan fingerprint density at radius 2 is 1.08 bits per heavy atom. The van der Waals surface area contributed by atoms with Crippen molar-refractivity contribution >= 4 is 66.3 Å². The van der Waals surface area contributed by atoms with Crippen molar-refractivity contribution in [2.24, 2.45) is 0 Å². The summed E-state index contributed by atoms with van der Waals surface area (Å²) < 4.78 is 85.8. The standard InChI is InChI=1S/C21H44O11Si4.C9H24O5Si3/c1-8-34(7,32-35(19-22,23-2)13-9-11-26-15-20-17-28-20)30-33(5,6)31-36(24-3,25-4)14-10-12-27-16-21-18-29-21;1-9-15(5,6)13-16(7,8)14-17(10-2,11-3)12-4/h8,19-21H,1,9-18H2,2-7H3;9H,1H2,2-8H3. The van der Waals surface area contributed by atoms with E-state index in [0.717, 1.165) is 25.5 Å². The number of carbonyl (C=O) groups is 1. The molecule has 53 heavy (non-hydrogen) atoms. The van der Waals surface area contributed by atoms with Crippen molar-refractivity contribution in [2.75, 3.05) is 82.3 Å². The number of carbonyl (C=O) groups excluding carboxylic acids is 1. The summed E-state index contributed by atoms with van der Waals surface area (Å²) in [4.78, 5) is 12.1. The maximum atomic E-state index is 12.1. The van der Waals surface area contributed by atoms with Crippen LogP contribution in [0.15, 0.2) is 24.6 Å². The van der Waals surface area contributed by atoms with Crippen LogP contribution in [0.1, 0.15) is 12.8 Å². The van der Waals surface area contributed by atoms with E-state index in [-0.39, 0.29) is 12.2 Å². The lowest BCUT2D eigenvalue weighted by Gasteiger charge is -2.40. The Hall–Kier alpha value is 0.0682. The number of rotatable bonds is 31. The van der Waals surface area contributed by atoms with Gasteiger partial charge in [0.05, 0.1) is 26.4 Å². The van der Waals surface area contributed by atoms with E-state index in [9.17, 15) is 4.79 Å². The molecule has 2 rings (SSSR count). The van der Waals surface area contributed by atoms with Gasteiger partial charge in [-0.15, -0.1) is 13.2 Å². The molecule has 4 unspecified atom stereocenters. The number of ether oxygens (including phenoxy) is 4. The number of epoxide rings is 2. The molecule has 312 valence electrons. The van der Waals surface area contributed by atoms with Crippen molar-refractivity contribution in [1.82, 2.24) is 0 Å². The smallest absolute Gasteiger partial charge is 0.433 e. The van der Waals surface area contributed by atoms with E-state index in [4.69, 9.17) is 66.1 Å². The van der Waals surface area contributed by atoms with Crippen LogP contribution in [-0.4, -0.2) is 161 Å². The molecule has 0 aromatic heterocycles. The van der Waals surface area contributed by atoms with E-state index in [2.05, 4.69) is 26.3 Å². The second-order valence-corrected chi connectivity index (χ2v) is 37.4. The average Bonchev–Trinajstić information content (AvgIpc) is 4.06. The van der Waals surface area contributed by atoms with Gasteiger partial charge in [0, 0.05) is 61.9 Å². The molecule has 0 bridgehead atoms. The molecule has 2 saturated heterocycles. The Labute approximate surface area is 325 Å². The molecule has 0 aromatic rings. The third-order valence-electron chi connectivity index (χ3n) is 7.86. The molecule has 0 amide bonds. The lowest BCUT2D eigenvalue weighted by molar-refractivity contribution is 0.0413. The van der Waals surface area contributed by atoms with Crippen LogP contribution in [-0.2, 0) is 70.9 Å². The number of hydrogen-bond acceptors (Lipinski definition) is 16. The van der Waals surface area contributed by atoms with Gasteiger partial charge in [-0.3, -0.25) is 0 Å². The van der Waals surface area contributed by atoms with Gasteiger partial charge in [-0.25, -0.2) is 0 Å². The van der Waals surface area contributed by atoms with E-state index < -0.39 is 60.4 Å². The highest BCUT2D eigenvalue weighted by Gasteiger charge is 2.52. The van der Waals surface area contributed by atoms with E-state index in [1.807, 2.05) is 38.4 Å². The first kappa shape index (κ1) is 51.1. The largest absolute Gasteiger partial charge is 0.669 e. The van der Waals surface area contributed by atoms with Crippen molar-refractivity contribution in [3.05, 3.63) is 24.6 Å². The predicted octanol–water partition coefficient (Wildman–Crippen LogP) is 4.26. The van der Waals surface area contributed by atoms with Crippen LogP contribution in [0.2, 0.25) is 57.9 Å². The van der Waals surface area contributed by atoms with Crippen molar-refractivity contribution in [3.8, 4) is 0 Å². The first-order valence-electron chi connectivity index (χ1n) is 17.7. The molecule has 23 heteroatoms. The van der Waals surface area contributed by atoms with Crippen molar-refractivity contribution < 1.29 is 70.9 Å². The predicted molar refractivity (Wildman–Crippen MR) is 216 cm³/mol. The van der Waals surface area contributed by atoms with Crippen LogP contribution in [0.25, 0.3) is 0 Å². The highest BCUT2D eigenvalue weighted by molar-refractivity contribution is 6.99. The van der Waals surface area contributed by atoms with Crippen LogP contribution in [0.3, 0.4) is 0 Å². The van der Waals surface area contributed by atoms with Gasteiger partial charge in [0.1, 0.15) is 12.2 Å². The molecule has 0 N–H and O–H groups in total. The Morgan fingerprint density at radius 1 is 0.604 bits per heavy atom. The van der Waals surface area contributed by atoms with Crippen LogP contribution in [0.5, 0.6) is 0 Å². The Balaban J connectivity index is 0.000000695. The van der Waals surface area contributed by atoms with Crippen molar-refractivity contribution in [1.29, 1.82) is 0 Å². The fourth-order valence-corrected chi connectivity index (χ4v) is 30.5. The fourth-order valence-electron chi connectivity index (χ4n) is 5.02. The molecule has 2 aliphatic rings. The zero-order valence-corrected chi connectivity index (χ0v) is 41.4. The van der Waals surface area contributed by atoms with Gasteiger partial charge in [0.25, 0.3) is 0 Å². The second kappa shape index (κ2) is 23.5. The number of hydrogen-bond donors (Lipinski definition) is 0. The normalized spacial score (nSPS) is 20.1. The highest BCUT2D eigenvalue weighted by Crippen LogP contribution is 2.29. The maximum absolute atomic E-state index is 12.1. The molecular formula is C30H68O16Si7. The summed E-state index contributed by atoms with van der Waals surface area (Å²) in [5.74, 6) is 0.806. The quantitative estimate of drug-likeness (QED) is 0.0420. The molecular weight excluding hydrogens is 813 g/mol. The maximum Gasteiger partial charge on any atom is 0.669 e. The molecule has 0 aliphatic carbocycles. The first-order valence-corrected chi connectivity index (χ1v) is 34.4. The molecule has 0 saturated carbocycles. The summed E-state index contributed by atoms with van der Waals surface area (Å²) in [5.41, 5.74) is 3.54. The van der Waals surface area contributed by atoms with Gasteiger partial charge in [-0.2, -0.15) is 0 Å². The molecule has 2 aliphatic heterocycles. The van der Waals surface area contributed by atoms with Crippen LogP contribution in [0, 0.1) is 0 Å². The van der Waals surface area contributed by atoms with Gasteiger partial charge >= 0.3 is 52.1 Å². The van der Waals surface area contributed by atoms with Crippen molar-refractivity contribution in [2.45, 2.75) is 83.0 Å². The molecule has 4 atom stereocenters. The first-order chi connectivity index (χ1) is 24.7. The minimum Gasteiger partial charge on any atom is -0.433 e. The summed E-state index contributed by atoms with van der Waals surface area (Å²) >= 11 is 0. The van der Waals surface area contributed by atoms with E-state index in [0.29, 0.717) is 44.9 Å². The van der Waals surface area contributed by atoms with E-state index >= 15 is 0 Å². The summed E-state index contributed by atoms with van der Waals surface area (Å²) in [7, 11) is -10.3. The summed E-state index contributed by atoms with van der Waals surface area (Å²) in [6.07, 6.45) is 1.78. The third kappa shape index (κ3) is 19.9. The van der Waals surface area contributed by atoms with Crippen LogP contribution < -0.4 is 0 Å². The van der Waals surface area contributed by atoms with Gasteiger partial charge in [0.15, 0.2) is 14.2 Å². The van der Waals surface area contributed by atoms with Gasteiger partial charge in [-0.05, 0) is 64.7 Å². The molecule has 0 aromatic carbocycles. The van der Waals surface area contributed by atoms with Gasteiger partial charge in [0.2, 0.25) is 0 Å². The van der Waals surface area contributed by atoms with Crippen LogP contribution >= 0.6 is 0 Å². The minimum absolute atomic E-state index is 0.202. The van der Waals surface area contributed by atoms with E-state index in [1.54, 1.807) is 19.9 Å². The molecule has 2 heterocycles. The monoisotopic (exact) mass is 880 g/mol. The Bertz CT molecular complexity index is 1070. The summed E-state index contributed by atoms with van der Waals surface area (Å²) in [6, 6.07) is 1.03. The zero-order chi connectivity index (χ0) is 40.5. The topological polar surface area (TPSA) is 162 Å².